The van der Waals surface area contributed by atoms with Crippen LogP contribution in [0.1, 0.15) is 0 Å². The van der Waals surface area contributed by atoms with Crippen LogP contribution in [-0.4, -0.2) is 15.9 Å². The average Bonchev–Trinajstić information content (AvgIpc) is 2.45. The van der Waals surface area contributed by atoms with Crippen LogP contribution in [0.15, 0.2) is 52.7 Å². The summed E-state index contributed by atoms with van der Waals surface area (Å²) in [5.74, 6) is 0.649. The molecular weight excluding hydrogens is 294 g/mol. The fourth-order valence-corrected chi connectivity index (χ4v) is 1.83. The first-order chi connectivity index (χ1) is 10.1. The van der Waals surface area contributed by atoms with Crippen molar-refractivity contribution in [2.75, 3.05) is 12.8 Å². The molecule has 0 fully saturated rings. The minimum absolute atomic E-state index is 0.157. The molecule has 1 unspecified atom stereocenters. The quantitative estimate of drug-likeness (QED) is 0.519. The molecule has 110 valence electrons. The summed E-state index contributed by atoms with van der Waals surface area (Å²) in [5.41, 5.74) is 7.15. The van der Waals surface area contributed by atoms with Crippen molar-refractivity contribution in [1.29, 1.82) is 0 Å². The zero-order chi connectivity index (χ0) is 15.2. The Kier molecular flexibility index (Phi) is 4.85. The Hall–Kier alpha value is -2.45. The lowest BCUT2D eigenvalue weighted by molar-refractivity contribution is 0.416. The number of benzene rings is 2. The third-order valence-corrected chi connectivity index (χ3v) is 2.79. The maximum Gasteiger partial charge on any atom is 0.148 e. The Morgan fingerprint density at radius 2 is 2.00 bits per heavy atom. The Morgan fingerprint density at radius 3 is 2.71 bits per heavy atom. The molecule has 0 aliphatic carbocycles. The molecule has 0 saturated carbocycles. The van der Waals surface area contributed by atoms with E-state index in [9.17, 15) is 8.76 Å². The van der Waals surface area contributed by atoms with Crippen LogP contribution in [0.4, 0.5) is 17.1 Å². The number of hydrogen-bond acceptors (Lipinski definition) is 7. The number of nitrogens with zero attached hydrogens (tertiary/aromatic N) is 2. The van der Waals surface area contributed by atoms with E-state index in [0.717, 1.165) is 0 Å². The molecule has 2 rings (SSSR count). The van der Waals surface area contributed by atoms with Gasteiger partial charge in [-0.05, 0) is 24.3 Å². The largest absolute Gasteiger partial charge is 0.740 e. The normalized spacial score (nSPS) is 12.3. The molecule has 0 aromatic heterocycles. The molecule has 0 bridgehead atoms. The van der Waals surface area contributed by atoms with Crippen molar-refractivity contribution < 1.29 is 17.7 Å². The minimum Gasteiger partial charge on any atom is -0.740 e. The number of nitrogen functional groups attached to an aromatic ring is 1. The second-order valence-electron chi connectivity index (χ2n) is 3.92. The predicted molar refractivity (Wildman–Crippen MR) is 77.6 cm³/mol. The van der Waals surface area contributed by atoms with Gasteiger partial charge in [-0.1, -0.05) is 6.07 Å². The molecule has 21 heavy (non-hydrogen) atoms. The van der Waals surface area contributed by atoms with Crippen LogP contribution in [-0.2, 0) is 11.4 Å². The molecule has 0 amide bonds. The topological polar surface area (TPSA) is 109 Å². The summed E-state index contributed by atoms with van der Waals surface area (Å²) in [7, 11) is 1.51. The lowest BCUT2D eigenvalue weighted by Crippen LogP contribution is -1.97. The Bertz CT molecular complexity index is 691. The fourth-order valence-electron chi connectivity index (χ4n) is 1.56. The molecule has 2 N–H and O–H groups in total. The Morgan fingerprint density at radius 1 is 1.19 bits per heavy atom. The van der Waals surface area contributed by atoms with Gasteiger partial charge in [-0.15, -0.1) is 5.11 Å². The van der Waals surface area contributed by atoms with Gasteiger partial charge in [0.15, 0.2) is 0 Å². The summed E-state index contributed by atoms with van der Waals surface area (Å²) in [5, 5.41) is 8.05. The van der Waals surface area contributed by atoms with Gasteiger partial charge in [-0.2, -0.15) is 5.11 Å². The van der Waals surface area contributed by atoms with Gasteiger partial charge in [-0.3, -0.25) is 0 Å². The van der Waals surface area contributed by atoms with Crippen molar-refractivity contribution in [3.8, 4) is 11.5 Å². The van der Waals surface area contributed by atoms with Gasteiger partial charge < -0.3 is 19.2 Å². The monoisotopic (exact) mass is 306 g/mol. The maximum absolute atomic E-state index is 10.5. The molecule has 2 aromatic rings. The maximum atomic E-state index is 10.5. The number of nitrogens with two attached hydrogens (primary N) is 1. The van der Waals surface area contributed by atoms with Crippen LogP contribution in [0.3, 0.4) is 0 Å². The highest BCUT2D eigenvalue weighted by molar-refractivity contribution is 7.74. The highest BCUT2D eigenvalue weighted by atomic mass is 32.2. The first-order valence-corrected chi connectivity index (χ1v) is 6.81. The van der Waals surface area contributed by atoms with Gasteiger partial charge in [0.2, 0.25) is 0 Å². The SMILES string of the molecule is COc1cc(N)ccc1N=Nc1cccc(OS(=O)[O-])c1. The summed E-state index contributed by atoms with van der Waals surface area (Å²) in [6.07, 6.45) is 0. The summed E-state index contributed by atoms with van der Waals surface area (Å²) < 4.78 is 30.6. The molecule has 0 heterocycles. The van der Waals surface area contributed by atoms with E-state index in [0.29, 0.717) is 22.8 Å². The fraction of sp³-hybridized carbons (Fsp3) is 0.0769. The summed E-state index contributed by atoms with van der Waals surface area (Å²) in [6, 6.07) is 11.2. The van der Waals surface area contributed by atoms with Gasteiger partial charge in [0.05, 0.1) is 12.8 Å². The Balaban J connectivity index is 2.23. The minimum atomic E-state index is -2.63. The van der Waals surface area contributed by atoms with E-state index >= 15 is 0 Å². The molecule has 1 atom stereocenters. The van der Waals surface area contributed by atoms with Crippen LogP contribution in [0.25, 0.3) is 0 Å². The first-order valence-electron chi connectivity index (χ1n) is 5.81. The number of rotatable bonds is 5. The van der Waals surface area contributed by atoms with Gasteiger partial charge >= 0.3 is 0 Å². The van der Waals surface area contributed by atoms with Gasteiger partial charge in [0, 0.05) is 17.8 Å². The smallest absolute Gasteiger partial charge is 0.148 e. The van der Waals surface area contributed by atoms with Crippen molar-refractivity contribution in [2.24, 2.45) is 10.2 Å². The zero-order valence-electron chi connectivity index (χ0n) is 11.1. The molecule has 0 saturated heterocycles. The Labute approximate surface area is 123 Å². The lowest BCUT2D eigenvalue weighted by atomic mass is 10.2. The van der Waals surface area contributed by atoms with E-state index in [1.807, 2.05) is 0 Å². The van der Waals surface area contributed by atoms with Crippen LogP contribution in [0.2, 0.25) is 0 Å². The number of anilines is 1. The van der Waals surface area contributed by atoms with Gasteiger partial charge in [0.25, 0.3) is 0 Å². The molecule has 7 nitrogen and oxygen atoms in total. The average molecular weight is 306 g/mol. The zero-order valence-corrected chi connectivity index (χ0v) is 11.9. The second-order valence-corrected chi connectivity index (χ2v) is 4.49. The van der Waals surface area contributed by atoms with Crippen molar-refractivity contribution in [2.45, 2.75) is 0 Å². The van der Waals surface area contributed by atoms with Crippen LogP contribution < -0.4 is 14.7 Å². The van der Waals surface area contributed by atoms with Crippen molar-refractivity contribution >= 4 is 28.4 Å². The van der Waals surface area contributed by atoms with Crippen molar-refractivity contribution in [3.05, 3.63) is 42.5 Å². The van der Waals surface area contributed by atoms with E-state index in [1.54, 1.807) is 30.3 Å². The summed E-state index contributed by atoms with van der Waals surface area (Å²) in [6.45, 7) is 0. The number of ether oxygens (including phenoxy) is 1. The number of methoxy groups -OCH3 is 1. The van der Waals surface area contributed by atoms with E-state index in [-0.39, 0.29) is 5.75 Å². The number of azo groups is 1. The molecule has 2 aromatic carbocycles. The van der Waals surface area contributed by atoms with Crippen molar-refractivity contribution in [1.82, 2.24) is 0 Å². The number of hydrogen-bond donors (Lipinski definition) is 1. The van der Waals surface area contributed by atoms with Crippen molar-refractivity contribution in [3.63, 3.8) is 0 Å². The van der Waals surface area contributed by atoms with Crippen LogP contribution in [0, 0.1) is 0 Å². The van der Waals surface area contributed by atoms with Crippen LogP contribution in [0.5, 0.6) is 11.5 Å². The third-order valence-electron chi connectivity index (χ3n) is 2.46. The highest BCUT2D eigenvalue weighted by Gasteiger charge is 2.02. The van der Waals surface area contributed by atoms with Crippen LogP contribution >= 0.6 is 0 Å². The molecule has 0 aliphatic heterocycles. The molecule has 8 heteroatoms. The molecule has 0 radical (unpaired) electrons. The third kappa shape index (κ3) is 4.26. The van der Waals surface area contributed by atoms with E-state index in [4.69, 9.17) is 10.5 Å². The van der Waals surface area contributed by atoms with E-state index in [1.165, 1.54) is 19.2 Å². The summed E-state index contributed by atoms with van der Waals surface area (Å²) in [4.78, 5) is 0. The van der Waals surface area contributed by atoms with E-state index < -0.39 is 11.4 Å². The molecule has 0 spiro atoms. The van der Waals surface area contributed by atoms with Gasteiger partial charge in [0.1, 0.15) is 28.5 Å². The highest BCUT2D eigenvalue weighted by Crippen LogP contribution is 2.31. The van der Waals surface area contributed by atoms with E-state index in [2.05, 4.69) is 14.4 Å². The molecular formula is C13H12N3O4S-. The molecule has 0 aliphatic rings. The first kappa shape index (κ1) is 14.9. The summed E-state index contributed by atoms with van der Waals surface area (Å²) >= 11 is -2.63. The second kappa shape index (κ2) is 6.82. The van der Waals surface area contributed by atoms with Gasteiger partial charge in [-0.25, -0.2) is 4.21 Å². The lowest BCUT2D eigenvalue weighted by Gasteiger charge is -2.07. The predicted octanol–water partition coefficient (Wildman–Crippen LogP) is 2.87. The standard InChI is InChI=1S/C13H13N3O4S/c1-19-13-7-9(14)5-6-12(13)16-15-10-3-2-4-11(8-10)20-21(17)18/h2-8H,14H2,1H3,(H,17,18)/p-1.